The highest BCUT2D eigenvalue weighted by molar-refractivity contribution is 5.87. The van der Waals surface area contributed by atoms with E-state index in [1.54, 1.807) is 38.1 Å². The van der Waals surface area contributed by atoms with E-state index in [-0.39, 0.29) is 17.7 Å². The molecule has 0 aliphatic rings. The van der Waals surface area contributed by atoms with Gasteiger partial charge in [0.1, 0.15) is 11.3 Å². The summed E-state index contributed by atoms with van der Waals surface area (Å²) in [5, 5.41) is 14.3. The quantitative estimate of drug-likeness (QED) is 0.523. The number of amides is 2. The predicted molar refractivity (Wildman–Crippen MR) is 112 cm³/mol. The van der Waals surface area contributed by atoms with Crippen LogP contribution in [0, 0.1) is 0 Å². The molecule has 28 heavy (non-hydrogen) atoms. The van der Waals surface area contributed by atoms with Crippen molar-refractivity contribution in [1.29, 1.82) is 0 Å². The van der Waals surface area contributed by atoms with Gasteiger partial charge in [0.15, 0.2) is 0 Å². The van der Waals surface area contributed by atoms with Crippen LogP contribution in [0.1, 0.15) is 31.9 Å². The summed E-state index contributed by atoms with van der Waals surface area (Å²) in [5.74, 6) is -0.00696. The third kappa shape index (κ3) is 9.19. The second kappa shape index (κ2) is 11.8. The summed E-state index contributed by atoms with van der Waals surface area (Å²) in [4.78, 5) is 22.1. The Balaban J connectivity index is 0.000000330. The lowest BCUT2D eigenvalue weighted by atomic mass is 10.0. The first-order valence-electron chi connectivity index (χ1n) is 9.31. The summed E-state index contributed by atoms with van der Waals surface area (Å²) in [7, 11) is 0. The summed E-state index contributed by atoms with van der Waals surface area (Å²) in [6.45, 7) is 5.77. The third-order valence-electron chi connectivity index (χ3n) is 4.02. The van der Waals surface area contributed by atoms with Crippen LogP contribution in [0.2, 0.25) is 0 Å². The Morgan fingerprint density at radius 1 is 1.11 bits per heavy atom. The molecule has 6 nitrogen and oxygen atoms in total. The van der Waals surface area contributed by atoms with Crippen molar-refractivity contribution in [1.82, 2.24) is 10.6 Å². The normalized spacial score (nSPS) is 11.6. The molecule has 2 aromatic rings. The van der Waals surface area contributed by atoms with Gasteiger partial charge >= 0.3 is 0 Å². The SMILES string of the molecule is CC(C)(NC=O)C(=O)NCCc1ccc(O)cc1.C[C@@H](N)Cc1ccccc1. The average Bonchev–Trinajstić information content (AvgIpc) is 2.64. The Kier molecular flexibility index (Phi) is 9.74. The van der Waals surface area contributed by atoms with Crippen molar-refractivity contribution in [3.8, 4) is 5.75 Å². The number of phenolic OH excluding ortho intramolecular Hbond substituents is 1. The molecule has 0 aromatic heterocycles. The van der Waals surface area contributed by atoms with Gasteiger partial charge in [-0.25, -0.2) is 0 Å². The van der Waals surface area contributed by atoms with Gasteiger partial charge in [-0.15, -0.1) is 0 Å². The van der Waals surface area contributed by atoms with E-state index < -0.39 is 5.54 Å². The minimum absolute atomic E-state index is 0.221. The Hall–Kier alpha value is -2.86. The van der Waals surface area contributed by atoms with E-state index in [2.05, 4.69) is 22.8 Å². The molecule has 0 saturated heterocycles. The fraction of sp³-hybridized carbons (Fsp3) is 0.364. The molecule has 6 heteroatoms. The van der Waals surface area contributed by atoms with Crippen LogP contribution in [0.5, 0.6) is 5.75 Å². The maximum atomic E-state index is 11.7. The van der Waals surface area contributed by atoms with E-state index >= 15 is 0 Å². The standard InChI is InChI=1S/C13H18N2O3.C9H13N/c1-13(2,15-9-16)12(18)14-8-7-10-3-5-11(17)6-4-10;1-8(10)7-9-5-3-2-4-6-9/h3-6,9,17H,7-8H2,1-2H3,(H,14,18)(H,15,16);2-6,8H,7,10H2,1H3/t;8-/m.1/s1. The van der Waals surface area contributed by atoms with Crippen LogP contribution in [0.25, 0.3) is 0 Å². The molecule has 0 fully saturated rings. The highest BCUT2D eigenvalue weighted by Gasteiger charge is 2.25. The minimum atomic E-state index is -0.906. The molecule has 2 rings (SSSR count). The Morgan fingerprint density at radius 2 is 1.71 bits per heavy atom. The summed E-state index contributed by atoms with van der Waals surface area (Å²) in [6, 6.07) is 17.4. The van der Waals surface area contributed by atoms with Crippen LogP contribution < -0.4 is 16.4 Å². The fourth-order valence-electron chi connectivity index (χ4n) is 2.40. The average molecular weight is 386 g/mol. The zero-order valence-corrected chi connectivity index (χ0v) is 16.8. The van der Waals surface area contributed by atoms with Crippen LogP contribution in [0.3, 0.4) is 0 Å². The highest BCUT2D eigenvalue weighted by atomic mass is 16.3. The van der Waals surface area contributed by atoms with Gasteiger partial charge < -0.3 is 21.5 Å². The smallest absolute Gasteiger partial charge is 0.245 e. The monoisotopic (exact) mass is 385 g/mol. The number of nitrogens with two attached hydrogens (primary N) is 1. The molecule has 0 unspecified atom stereocenters. The van der Waals surface area contributed by atoms with Crippen LogP contribution in [0.4, 0.5) is 0 Å². The lowest BCUT2D eigenvalue weighted by molar-refractivity contribution is -0.128. The number of hydrogen-bond donors (Lipinski definition) is 4. The van der Waals surface area contributed by atoms with Gasteiger partial charge in [0.2, 0.25) is 12.3 Å². The summed E-state index contributed by atoms with van der Waals surface area (Å²) < 4.78 is 0. The molecule has 0 bridgehead atoms. The number of rotatable bonds is 8. The van der Waals surface area contributed by atoms with Crippen LogP contribution in [-0.4, -0.2) is 35.5 Å². The predicted octanol–water partition coefficient (Wildman–Crippen LogP) is 2.15. The molecular weight excluding hydrogens is 354 g/mol. The number of carbonyl (C=O) groups excluding carboxylic acids is 2. The lowest BCUT2D eigenvalue weighted by Gasteiger charge is -2.22. The van der Waals surface area contributed by atoms with Crippen molar-refractivity contribution >= 4 is 12.3 Å². The van der Waals surface area contributed by atoms with Gasteiger partial charge in [0.25, 0.3) is 0 Å². The molecule has 2 aromatic carbocycles. The van der Waals surface area contributed by atoms with E-state index in [4.69, 9.17) is 10.8 Å². The van der Waals surface area contributed by atoms with Crippen molar-refractivity contribution in [3.63, 3.8) is 0 Å². The highest BCUT2D eigenvalue weighted by Crippen LogP contribution is 2.09. The number of benzene rings is 2. The van der Waals surface area contributed by atoms with Crippen LogP contribution >= 0.6 is 0 Å². The first kappa shape index (κ1) is 23.2. The zero-order valence-electron chi connectivity index (χ0n) is 16.8. The van der Waals surface area contributed by atoms with E-state index in [1.807, 2.05) is 25.1 Å². The summed E-state index contributed by atoms with van der Waals surface area (Å²) >= 11 is 0. The molecule has 5 N–H and O–H groups in total. The number of aromatic hydroxyl groups is 1. The molecule has 0 spiro atoms. The molecule has 0 radical (unpaired) electrons. The van der Waals surface area contributed by atoms with Crippen LogP contribution in [-0.2, 0) is 22.4 Å². The van der Waals surface area contributed by atoms with Gasteiger partial charge in [-0.3, -0.25) is 9.59 Å². The van der Waals surface area contributed by atoms with Crippen LogP contribution in [0.15, 0.2) is 54.6 Å². The molecule has 0 heterocycles. The van der Waals surface area contributed by atoms with Crippen molar-refractivity contribution < 1.29 is 14.7 Å². The fourth-order valence-corrected chi connectivity index (χ4v) is 2.40. The molecule has 0 aliphatic carbocycles. The van der Waals surface area contributed by atoms with E-state index in [9.17, 15) is 9.59 Å². The van der Waals surface area contributed by atoms with Crippen molar-refractivity contribution in [2.45, 2.75) is 45.2 Å². The second-order valence-electron chi connectivity index (χ2n) is 7.23. The van der Waals surface area contributed by atoms with E-state index in [1.165, 1.54) is 5.56 Å². The topological polar surface area (TPSA) is 104 Å². The molecule has 152 valence electrons. The zero-order chi connectivity index (χ0) is 21.0. The second-order valence-corrected chi connectivity index (χ2v) is 7.23. The molecule has 2 amide bonds. The molecule has 1 atom stereocenters. The van der Waals surface area contributed by atoms with Gasteiger partial charge in [0.05, 0.1) is 0 Å². The first-order chi connectivity index (χ1) is 13.2. The first-order valence-corrected chi connectivity index (χ1v) is 9.31. The van der Waals surface area contributed by atoms with E-state index in [0.29, 0.717) is 19.4 Å². The largest absolute Gasteiger partial charge is 0.508 e. The Labute approximate surface area is 167 Å². The molecule has 0 aliphatic heterocycles. The van der Waals surface area contributed by atoms with E-state index in [0.717, 1.165) is 12.0 Å². The van der Waals surface area contributed by atoms with Gasteiger partial charge in [0, 0.05) is 12.6 Å². The van der Waals surface area contributed by atoms with Crippen molar-refractivity contribution in [2.24, 2.45) is 5.73 Å². The van der Waals surface area contributed by atoms with Crippen molar-refractivity contribution in [2.75, 3.05) is 6.54 Å². The Morgan fingerprint density at radius 3 is 2.25 bits per heavy atom. The maximum Gasteiger partial charge on any atom is 0.245 e. The number of hydrogen-bond acceptors (Lipinski definition) is 4. The van der Waals surface area contributed by atoms with Crippen molar-refractivity contribution in [3.05, 3.63) is 65.7 Å². The lowest BCUT2D eigenvalue weighted by Crippen LogP contribution is -2.52. The maximum absolute atomic E-state index is 11.7. The summed E-state index contributed by atoms with van der Waals surface area (Å²) in [6.07, 6.45) is 2.16. The number of carbonyl (C=O) groups is 2. The minimum Gasteiger partial charge on any atom is -0.508 e. The number of nitrogens with one attached hydrogen (secondary N) is 2. The third-order valence-corrected chi connectivity index (χ3v) is 4.02. The van der Waals surface area contributed by atoms with Gasteiger partial charge in [-0.1, -0.05) is 42.5 Å². The molecular formula is C22H31N3O3. The number of phenols is 1. The Bertz CT molecular complexity index is 714. The summed E-state index contributed by atoms with van der Waals surface area (Å²) in [5.41, 5.74) is 7.06. The van der Waals surface area contributed by atoms with Gasteiger partial charge in [-0.2, -0.15) is 0 Å². The van der Waals surface area contributed by atoms with Gasteiger partial charge in [-0.05, 0) is 56.9 Å². The molecule has 0 saturated carbocycles.